The minimum Gasteiger partial charge on any atom is -0.458 e. The van der Waals surface area contributed by atoms with Gasteiger partial charge in [-0.1, -0.05) is 0 Å². The highest BCUT2D eigenvalue weighted by molar-refractivity contribution is 5.67. The van der Waals surface area contributed by atoms with E-state index in [0.717, 1.165) is 0 Å². The molecule has 0 aliphatic heterocycles. The number of hydrogen-bond donors (Lipinski definition) is 0. The molecule has 0 aromatic rings. The third-order valence-electron chi connectivity index (χ3n) is 1.91. The topological polar surface area (TPSA) is 52.6 Å². The fraction of sp³-hybridized carbons (Fsp3) is 0.600. The van der Waals surface area contributed by atoms with Crippen LogP contribution < -0.4 is 0 Å². The van der Waals surface area contributed by atoms with Crippen LogP contribution in [-0.4, -0.2) is 24.1 Å². The average Bonchev–Trinajstić information content (AvgIpc) is 2.06. The van der Waals surface area contributed by atoms with Crippen LogP contribution in [0.15, 0.2) is 12.2 Å². The molecular formula is C10H14O4. The van der Waals surface area contributed by atoms with Crippen molar-refractivity contribution in [1.82, 2.24) is 0 Å². The van der Waals surface area contributed by atoms with Crippen LogP contribution in [0.3, 0.4) is 0 Å². The monoisotopic (exact) mass is 198 g/mol. The number of esters is 2. The molecule has 0 N–H and O–H groups in total. The first kappa shape index (κ1) is 10.8. The predicted octanol–water partition coefficient (Wildman–Crippen LogP) is 1.20. The SMILES string of the molecule is CC(=O)O[C@@H]1C=C[C@H](OC(C)=O)CC1. The molecule has 14 heavy (non-hydrogen) atoms. The van der Waals surface area contributed by atoms with E-state index in [4.69, 9.17) is 9.47 Å². The van der Waals surface area contributed by atoms with E-state index in [1.165, 1.54) is 13.8 Å². The number of hydrogen-bond acceptors (Lipinski definition) is 4. The van der Waals surface area contributed by atoms with Crippen molar-refractivity contribution < 1.29 is 19.1 Å². The molecule has 0 aromatic carbocycles. The maximum atomic E-state index is 10.6. The fourth-order valence-electron chi connectivity index (χ4n) is 1.39. The highest BCUT2D eigenvalue weighted by Crippen LogP contribution is 2.17. The van der Waals surface area contributed by atoms with Gasteiger partial charge in [-0.25, -0.2) is 0 Å². The van der Waals surface area contributed by atoms with Crippen molar-refractivity contribution in [2.24, 2.45) is 0 Å². The summed E-state index contributed by atoms with van der Waals surface area (Å²) in [5, 5.41) is 0. The van der Waals surface area contributed by atoms with Gasteiger partial charge in [0.15, 0.2) is 0 Å². The summed E-state index contributed by atoms with van der Waals surface area (Å²) in [4.78, 5) is 21.3. The first-order chi connectivity index (χ1) is 6.58. The average molecular weight is 198 g/mol. The fourth-order valence-corrected chi connectivity index (χ4v) is 1.39. The third-order valence-corrected chi connectivity index (χ3v) is 1.91. The first-order valence-electron chi connectivity index (χ1n) is 4.60. The lowest BCUT2D eigenvalue weighted by molar-refractivity contribution is -0.148. The van der Waals surface area contributed by atoms with Crippen molar-refractivity contribution in [3.8, 4) is 0 Å². The van der Waals surface area contributed by atoms with E-state index >= 15 is 0 Å². The van der Waals surface area contributed by atoms with E-state index in [-0.39, 0.29) is 24.1 Å². The second-order valence-corrected chi connectivity index (χ2v) is 3.26. The van der Waals surface area contributed by atoms with Crippen molar-refractivity contribution in [3.63, 3.8) is 0 Å². The molecule has 0 spiro atoms. The molecule has 0 bridgehead atoms. The maximum Gasteiger partial charge on any atom is 0.303 e. The second kappa shape index (κ2) is 4.79. The first-order valence-corrected chi connectivity index (χ1v) is 4.60. The van der Waals surface area contributed by atoms with Crippen LogP contribution >= 0.6 is 0 Å². The maximum absolute atomic E-state index is 10.6. The van der Waals surface area contributed by atoms with Gasteiger partial charge in [-0.3, -0.25) is 9.59 Å². The van der Waals surface area contributed by atoms with Gasteiger partial charge < -0.3 is 9.47 Å². The summed E-state index contributed by atoms with van der Waals surface area (Å²) < 4.78 is 9.96. The lowest BCUT2D eigenvalue weighted by Crippen LogP contribution is -2.24. The third kappa shape index (κ3) is 3.60. The summed E-state index contributed by atoms with van der Waals surface area (Å²) in [7, 11) is 0. The molecule has 1 aliphatic carbocycles. The second-order valence-electron chi connectivity index (χ2n) is 3.26. The summed E-state index contributed by atoms with van der Waals surface area (Å²) in [6.07, 6.45) is 4.60. The zero-order valence-corrected chi connectivity index (χ0v) is 8.36. The van der Waals surface area contributed by atoms with Gasteiger partial charge in [-0.2, -0.15) is 0 Å². The van der Waals surface area contributed by atoms with Crippen molar-refractivity contribution in [1.29, 1.82) is 0 Å². The molecule has 1 aliphatic rings. The van der Waals surface area contributed by atoms with Gasteiger partial charge in [0.1, 0.15) is 12.2 Å². The summed E-state index contributed by atoms with van der Waals surface area (Å²) in [5.74, 6) is -0.573. The molecule has 0 fully saturated rings. The molecule has 78 valence electrons. The minimum atomic E-state index is -0.286. The van der Waals surface area contributed by atoms with Crippen molar-refractivity contribution in [2.45, 2.75) is 38.9 Å². The van der Waals surface area contributed by atoms with Gasteiger partial charge in [0.2, 0.25) is 0 Å². The quantitative estimate of drug-likeness (QED) is 0.494. The zero-order chi connectivity index (χ0) is 10.6. The number of carbonyl (C=O) groups is 2. The Morgan fingerprint density at radius 1 is 1.00 bits per heavy atom. The van der Waals surface area contributed by atoms with Crippen molar-refractivity contribution in [3.05, 3.63) is 12.2 Å². The Bertz CT molecular complexity index is 231. The molecule has 0 amide bonds. The van der Waals surface area contributed by atoms with E-state index in [9.17, 15) is 9.59 Å². The van der Waals surface area contributed by atoms with Gasteiger partial charge in [0.25, 0.3) is 0 Å². The van der Waals surface area contributed by atoms with E-state index in [2.05, 4.69) is 0 Å². The van der Waals surface area contributed by atoms with Crippen LogP contribution in [0.25, 0.3) is 0 Å². The molecule has 2 atom stereocenters. The molecule has 0 aromatic heterocycles. The summed E-state index contributed by atoms with van der Waals surface area (Å²) in [6, 6.07) is 0. The molecule has 0 radical (unpaired) electrons. The molecule has 4 nitrogen and oxygen atoms in total. The molecule has 1 rings (SSSR count). The molecule has 0 saturated carbocycles. The van der Waals surface area contributed by atoms with Gasteiger partial charge >= 0.3 is 11.9 Å². The van der Waals surface area contributed by atoms with Gasteiger partial charge in [0.05, 0.1) is 0 Å². The van der Waals surface area contributed by atoms with E-state index in [0.29, 0.717) is 12.8 Å². The number of ether oxygens (including phenoxy) is 2. The summed E-state index contributed by atoms with van der Waals surface area (Å²) >= 11 is 0. The molecule has 0 heterocycles. The van der Waals surface area contributed by atoms with Gasteiger partial charge in [-0.05, 0) is 25.0 Å². The Hall–Kier alpha value is -1.32. The zero-order valence-electron chi connectivity index (χ0n) is 8.36. The molecule has 0 saturated heterocycles. The van der Waals surface area contributed by atoms with Crippen LogP contribution in [0.4, 0.5) is 0 Å². The standard InChI is InChI=1S/C10H14O4/c1-7(11)13-9-3-5-10(6-4-9)14-8(2)12/h3,5,9-10H,4,6H2,1-2H3/t9-,10+. The van der Waals surface area contributed by atoms with Crippen molar-refractivity contribution in [2.75, 3.05) is 0 Å². The number of rotatable bonds is 2. The predicted molar refractivity (Wildman–Crippen MR) is 49.5 cm³/mol. The van der Waals surface area contributed by atoms with Crippen molar-refractivity contribution >= 4 is 11.9 Å². The van der Waals surface area contributed by atoms with E-state index < -0.39 is 0 Å². The Kier molecular flexibility index (Phi) is 3.68. The van der Waals surface area contributed by atoms with Crippen LogP contribution in [-0.2, 0) is 19.1 Å². The highest BCUT2D eigenvalue weighted by atomic mass is 16.5. The Morgan fingerprint density at radius 3 is 1.57 bits per heavy atom. The van der Waals surface area contributed by atoms with Crippen LogP contribution in [0.5, 0.6) is 0 Å². The largest absolute Gasteiger partial charge is 0.458 e. The van der Waals surface area contributed by atoms with Gasteiger partial charge in [-0.15, -0.1) is 0 Å². The molecular weight excluding hydrogens is 184 g/mol. The lowest BCUT2D eigenvalue weighted by Gasteiger charge is -2.22. The summed E-state index contributed by atoms with van der Waals surface area (Å²) in [5.41, 5.74) is 0. The Morgan fingerprint density at radius 2 is 1.36 bits per heavy atom. The number of carbonyl (C=O) groups excluding carboxylic acids is 2. The molecule has 0 unspecified atom stereocenters. The Balaban J connectivity index is 2.39. The highest BCUT2D eigenvalue weighted by Gasteiger charge is 2.19. The van der Waals surface area contributed by atoms with E-state index in [1.54, 1.807) is 12.2 Å². The van der Waals surface area contributed by atoms with Crippen LogP contribution in [0, 0.1) is 0 Å². The minimum absolute atomic E-state index is 0.167. The lowest BCUT2D eigenvalue weighted by atomic mass is 10.0. The van der Waals surface area contributed by atoms with Gasteiger partial charge in [0, 0.05) is 13.8 Å². The van der Waals surface area contributed by atoms with Crippen LogP contribution in [0.1, 0.15) is 26.7 Å². The summed E-state index contributed by atoms with van der Waals surface area (Å²) in [6.45, 7) is 2.76. The molecule has 4 heteroatoms. The normalized spacial score (nSPS) is 25.6. The van der Waals surface area contributed by atoms with Crippen LogP contribution in [0.2, 0.25) is 0 Å². The van der Waals surface area contributed by atoms with E-state index in [1.807, 2.05) is 0 Å². The Labute approximate surface area is 82.9 Å². The smallest absolute Gasteiger partial charge is 0.303 e.